The van der Waals surface area contributed by atoms with Crippen molar-refractivity contribution in [3.05, 3.63) is 59.2 Å². The normalized spacial score (nSPS) is 16.2. The lowest BCUT2D eigenvalue weighted by Gasteiger charge is -2.26. The maximum absolute atomic E-state index is 13.2. The predicted molar refractivity (Wildman–Crippen MR) is 115 cm³/mol. The molecule has 4 nitrogen and oxygen atoms in total. The molecule has 2 aromatic carbocycles. The van der Waals surface area contributed by atoms with Gasteiger partial charge in [0.15, 0.2) is 0 Å². The van der Waals surface area contributed by atoms with E-state index in [1.807, 2.05) is 35.2 Å². The molecule has 0 aliphatic carbocycles. The summed E-state index contributed by atoms with van der Waals surface area (Å²) in [5, 5.41) is -0.0439. The van der Waals surface area contributed by atoms with Crippen LogP contribution in [0, 0.1) is 0 Å². The van der Waals surface area contributed by atoms with Crippen molar-refractivity contribution in [2.75, 3.05) is 26.5 Å². The van der Waals surface area contributed by atoms with Crippen LogP contribution in [0.1, 0.15) is 53.0 Å². The summed E-state index contributed by atoms with van der Waals surface area (Å²) < 4.78 is 10.9. The summed E-state index contributed by atoms with van der Waals surface area (Å²) in [5.41, 5.74) is 3.06. The Labute approximate surface area is 172 Å². The second-order valence-electron chi connectivity index (χ2n) is 6.98. The second kappa shape index (κ2) is 9.87. The lowest BCUT2D eigenvalue weighted by molar-refractivity contribution is 0.0759. The van der Waals surface area contributed by atoms with Crippen LogP contribution in [0.25, 0.3) is 0 Å². The van der Waals surface area contributed by atoms with E-state index < -0.39 is 0 Å². The summed E-state index contributed by atoms with van der Waals surface area (Å²) in [6.07, 6.45) is 4.75. The molecule has 3 rings (SSSR count). The highest BCUT2D eigenvalue weighted by atomic mass is 32.2. The van der Waals surface area contributed by atoms with Crippen LogP contribution in [0.15, 0.2) is 42.5 Å². The molecule has 0 aromatic heterocycles. The van der Waals surface area contributed by atoms with Gasteiger partial charge in [-0.3, -0.25) is 4.79 Å². The van der Waals surface area contributed by atoms with Crippen molar-refractivity contribution >= 4 is 17.7 Å². The molecule has 150 valence electrons. The highest BCUT2D eigenvalue weighted by Gasteiger charge is 2.33. The Bertz CT molecular complexity index is 791. The maximum atomic E-state index is 13.2. The average Bonchev–Trinajstić information content (AvgIpc) is 3.23. The Morgan fingerprint density at radius 3 is 2.57 bits per heavy atom. The van der Waals surface area contributed by atoms with Crippen molar-refractivity contribution < 1.29 is 14.3 Å². The van der Waals surface area contributed by atoms with Crippen molar-refractivity contribution in [1.82, 2.24) is 4.90 Å². The number of thioether (sulfide) groups is 1. The molecule has 28 heavy (non-hydrogen) atoms. The molecule has 2 aromatic rings. The molecule has 1 fully saturated rings. The molecule has 1 amide bonds. The first-order valence-corrected chi connectivity index (χ1v) is 11.0. The third kappa shape index (κ3) is 4.64. The van der Waals surface area contributed by atoms with Crippen molar-refractivity contribution in [2.24, 2.45) is 0 Å². The van der Waals surface area contributed by atoms with Gasteiger partial charge in [-0.15, -0.1) is 11.8 Å². The van der Waals surface area contributed by atoms with Gasteiger partial charge in [-0.1, -0.05) is 31.9 Å². The molecule has 0 spiro atoms. The van der Waals surface area contributed by atoms with Gasteiger partial charge < -0.3 is 14.4 Å². The van der Waals surface area contributed by atoms with Crippen LogP contribution in [0.5, 0.6) is 11.5 Å². The van der Waals surface area contributed by atoms with Gasteiger partial charge in [0.2, 0.25) is 0 Å². The van der Waals surface area contributed by atoms with Gasteiger partial charge in [0.1, 0.15) is 16.9 Å². The lowest BCUT2D eigenvalue weighted by Crippen LogP contribution is -2.30. The lowest BCUT2D eigenvalue weighted by atomic mass is 10.0. The van der Waals surface area contributed by atoms with Gasteiger partial charge in [0.05, 0.1) is 14.2 Å². The SMILES string of the molecule is CCCCCc1ccc(C(=O)N2CCS[C@H]2c2ccc(OC)cc2OC)cc1. The van der Waals surface area contributed by atoms with Crippen molar-refractivity contribution in [3.8, 4) is 11.5 Å². The molecule has 1 heterocycles. The zero-order valence-electron chi connectivity index (χ0n) is 16.9. The van der Waals surface area contributed by atoms with Crippen molar-refractivity contribution in [3.63, 3.8) is 0 Å². The summed E-state index contributed by atoms with van der Waals surface area (Å²) in [5.74, 6) is 2.50. The first-order valence-electron chi connectivity index (χ1n) is 9.91. The van der Waals surface area contributed by atoms with E-state index in [1.54, 1.807) is 26.0 Å². The summed E-state index contributed by atoms with van der Waals surface area (Å²) in [6.45, 7) is 2.95. The fourth-order valence-electron chi connectivity index (χ4n) is 3.52. The third-order valence-corrected chi connectivity index (χ3v) is 6.37. The summed E-state index contributed by atoms with van der Waals surface area (Å²) >= 11 is 1.77. The van der Waals surface area contributed by atoms with Gasteiger partial charge in [-0.05, 0) is 42.7 Å². The highest BCUT2D eigenvalue weighted by Crippen LogP contribution is 2.43. The zero-order chi connectivity index (χ0) is 19.9. The van der Waals surface area contributed by atoms with E-state index in [9.17, 15) is 4.79 Å². The molecule has 0 unspecified atom stereocenters. The standard InChI is InChI=1S/C23H29NO3S/c1-4-5-6-7-17-8-10-18(11-9-17)22(25)24-14-15-28-23(24)20-13-12-19(26-2)16-21(20)27-3/h8-13,16,23H,4-7,14-15H2,1-3H3/t23-/m0/s1. The van der Waals surface area contributed by atoms with Crippen LogP contribution >= 0.6 is 11.8 Å². The van der Waals surface area contributed by atoms with E-state index in [-0.39, 0.29) is 11.3 Å². The van der Waals surface area contributed by atoms with Crippen molar-refractivity contribution in [2.45, 2.75) is 38.0 Å². The Morgan fingerprint density at radius 2 is 1.89 bits per heavy atom. The van der Waals surface area contributed by atoms with E-state index in [2.05, 4.69) is 19.1 Å². The second-order valence-corrected chi connectivity index (χ2v) is 8.17. The van der Waals surface area contributed by atoms with Gasteiger partial charge in [-0.25, -0.2) is 0 Å². The quantitative estimate of drug-likeness (QED) is 0.563. The van der Waals surface area contributed by atoms with Crippen LogP contribution in [0.2, 0.25) is 0 Å². The first kappa shape index (κ1) is 20.6. The monoisotopic (exact) mass is 399 g/mol. The Balaban J connectivity index is 1.76. The largest absolute Gasteiger partial charge is 0.497 e. The minimum Gasteiger partial charge on any atom is -0.497 e. The van der Waals surface area contributed by atoms with E-state index in [4.69, 9.17) is 9.47 Å². The number of unbranched alkanes of at least 4 members (excludes halogenated alkanes) is 2. The molecular formula is C23H29NO3S. The summed E-state index contributed by atoms with van der Waals surface area (Å²) in [6, 6.07) is 13.9. The zero-order valence-corrected chi connectivity index (χ0v) is 17.8. The Kier molecular flexibility index (Phi) is 7.26. The van der Waals surface area contributed by atoms with Gasteiger partial charge in [-0.2, -0.15) is 0 Å². The van der Waals surface area contributed by atoms with Crippen molar-refractivity contribution in [1.29, 1.82) is 0 Å². The smallest absolute Gasteiger partial charge is 0.255 e. The predicted octanol–water partition coefficient (Wildman–Crippen LogP) is 5.32. The van der Waals surface area contributed by atoms with Crippen LogP contribution in [0.4, 0.5) is 0 Å². The van der Waals surface area contributed by atoms with Gasteiger partial charge in [0, 0.05) is 29.5 Å². The highest BCUT2D eigenvalue weighted by molar-refractivity contribution is 7.99. The summed E-state index contributed by atoms with van der Waals surface area (Å²) in [4.78, 5) is 15.1. The molecular weight excluding hydrogens is 370 g/mol. The van der Waals surface area contributed by atoms with Crippen LogP contribution in [0.3, 0.4) is 0 Å². The van der Waals surface area contributed by atoms with Gasteiger partial charge in [0.25, 0.3) is 5.91 Å². The number of rotatable bonds is 8. The molecule has 1 aliphatic heterocycles. The fourth-order valence-corrected chi connectivity index (χ4v) is 4.80. The minimum absolute atomic E-state index is 0.0439. The van der Waals surface area contributed by atoms with Crippen LogP contribution in [-0.2, 0) is 6.42 Å². The molecule has 0 bridgehead atoms. The molecule has 1 aliphatic rings. The number of hydrogen-bond donors (Lipinski definition) is 0. The molecule has 0 N–H and O–H groups in total. The number of carbonyl (C=O) groups excluding carboxylic acids is 1. The average molecular weight is 400 g/mol. The number of methoxy groups -OCH3 is 2. The first-order chi connectivity index (χ1) is 13.7. The number of hydrogen-bond acceptors (Lipinski definition) is 4. The van der Waals surface area contributed by atoms with Gasteiger partial charge >= 0.3 is 0 Å². The number of aryl methyl sites for hydroxylation is 1. The molecule has 1 saturated heterocycles. The van der Waals surface area contributed by atoms with Crippen LogP contribution in [-0.4, -0.2) is 37.3 Å². The molecule has 1 atom stereocenters. The van der Waals surface area contributed by atoms with E-state index >= 15 is 0 Å². The maximum Gasteiger partial charge on any atom is 0.255 e. The Hall–Kier alpha value is -2.14. The third-order valence-electron chi connectivity index (χ3n) is 5.13. The fraction of sp³-hybridized carbons (Fsp3) is 0.435. The molecule has 0 saturated carbocycles. The molecule has 0 radical (unpaired) electrons. The number of carbonyl (C=O) groups is 1. The number of nitrogens with zero attached hydrogens (tertiary/aromatic N) is 1. The minimum atomic E-state index is -0.0439. The van der Waals surface area contributed by atoms with E-state index in [0.717, 1.165) is 41.3 Å². The molecule has 5 heteroatoms. The topological polar surface area (TPSA) is 38.8 Å². The number of amides is 1. The van der Waals surface area contributed by atoms with Crippen LogP contribution < -0.4 is 9.47 Å². The van der Waals surface area contributed by atoms with E-state index in [0.29, 0.717) is 0 Å². The number of benzene rings is 2. The van der Waals surface area contributed by atoms with E-state index in [1.165, 1.54) is 24.8 Å². The Morgan fingerprint density at radius 1 is 1.11 bits per heavy atom. The summed E-state index contributed by atoms with van der Waals surface area (Å²) in [7, 11) is 3.29. The number of ether oxygens (including phenoxy) is 2.